The predicted molar refractivity (Wildman–Crippen MR) is 96.7 cm³/mol. The summed E-state index contributed by atoms with van der Waals surface area (Å²) in [5.41, 5.74) is 2.15. The van der Waals surface area contributed by atoms with Gasteiger partial charge in [-0.1, -0.05) is 0 Å². The van der Waals surface area contributed by atoms with E-state index in [0.29, 0.717) is 6.54 Å². The molecule has 3 aromatic rings. The van der Waals surface area contributed by atoms with Gasteiger partial charge in [-0.25, -0.2) is 9.97 Å². The van der Waals surface area contributed by atoms with Gasteiger partial charge >= 0.3 is 0 Å². The summed E-state index contributed by atoms with van der Waals surface area (Å²) in [6.07, 6.45) is 8.20. The first-order valence-electron chi connectivity index (χ1n) is 8.47. The Morgan fingerprint density at radius 1 is 1.00 bits per heavy atom. The molecular formula is C18H20N6O. The fraction of sp³-hybridized carbons (Fsp3) is 0.333. The lowest BCUT2D eigenvalue weighted by Gasteiger charge is -2.36. The standard InChI is InChI=1S/C18H20N6O/c25-18-13-19-3-4-24(18)10-7-22-5-8-23(9-6-22)16-1-2-17-15(11-16)12-20-14-21-17/h1-4,11-14H,5-10H2. The number of piperazine rings is 1. The lowest BCUT2D eigenvalue weighted by Crippen LogP contribution is -2.47. The minimum absolute atomic E-state index is 0.0421. The first-order chi connectivity index (χ1) is 12.3. The highest BCUT2D eigenvalue weighted by molar-refractivity contribution is 5.81. The summed E-state index contributed by atoms with van der Waals surface area (Å²) >= 11 is 0. The smallest absolute Gasteiger partial charge is 0.269 e. The van der Waals surface area contributed by atoms with E-state index in [0.717, 1.165) is 43.6 Å². The largest absolute Gasteiger partial charge is 0.369 e. The van der Waals surface area contributed by atoms with Crippen LogP contribution < -0.4 is 10.5 Å². The van der Waals surface area contributed by atoms with Crippen molar-refractivity contribution in [2.45, 2.75) is 6.54 Å². The van der Waals surface area contributed by atoms with Crippen LogP contribution in [0.25, 0.3) is 10.9 Å². The average molecular weight is 336 g/mol. The van der Waals surface area contributed by atoms with Crippen LogP contribution >= 0.6 is 0 Å². The van der Waals surface area contributed by atoms with E-state index in [1.165, 1.54) is 11.9 Å². The summed E-state index contributed by atoms with van der Waals surface area (Å²) in [6.45, 7) is 5.51. The zero-order chi connectivity index (χ0) is 17.1. The predicted octanol–water partition coefficient (Wildman–Crippen LogP) is 1.01. The van der Waals surface area contributed by atoms with Gasteiger partial charge in [0.15, 0.2) is 0 Å². The molecule has 128 valence electrons. The highest BCUT2D eigenvalue weighted by Gasteiger charge is 2.17. The van der Waals surface area contributed by atoms with Gasteiger partial charge in [-0.05, 0) is 18.2 Å². The van der Waals surface area contributed by atoms with Crippen LogP contribution in [0.5, 0.6) is 0 Å². The number of rotatable bonds is 4. The van der Waals surface area contributed by atoms with Gasteiger partial charge < -0.3 is 9.47 Å². The minimum atomic E-state index is -0.0421. The SMILES string of the molecule is O=c1cnccn1CCN1CCN(c2ccc3ncncc3c2)CC1. The maximum atomic E-state index is 11.7. The molecule has 1 fully saturated rings. The van der Waals surface area contributed by atoms with E-state index in [1.54, 1.807) is 23.3 Å². The van der Waals surface area contributed by atoms with Crippen molar-refractivity contribution in [3.05, 3.63) is 59.7 Å². The molecule has 1 aliphatic heterocycles. The summed E-state index contributed by atoms with van der Waals surface area (Å²) in [6, 6.07) is 6.33. The molecule has 0 spiro atoms. The third-order valence-corrected chi connectivity index (χ3v) is 4.68. The van der Waals surface area contributed by atoms with Crippen molar-refractivity contribution < 1.29 is 0 Å². The number of benzene rings is 1. The molecule has 0 amide bonds. The molecule has 0 radical (unpaired) electrons. The van der Waals surface area contributed by atoms with Gasteiger partial charge in [-0.15, -0.1) is 0 Å². The number of nitrogens with zero attached hydrogens (tertiary/aromatic N) is 6. The lowest BCUT2D eigenvalue weighted by atomic mass is 10.2. The number of hydrogen-bond donors (Lipinski definition) is 0. The Morgan fingerprint density at radius 2 is 1.88 bits per heavy atom. The van der Waals surface area contributed by atoms with Gasteiger partial charge in [0.2, 0.25) is 0 Å². The van der Waals surface area contributed by atoms with E-state index < -0.39 is 0 Å². The number of hydrogen-bond acceptors (Lipinski definition) is 6. The van der Waals surface area contributed by atoms with E-state index in [1.807, 2.05) is 6.20 Å². The van der Waals surface area contributed by atoms with Gasteiger partial charge in [0.05, 0.1) is 11.7 Å². The first kappa shape index (κ1) is 15.7. The van der Waals surface area contributed by atoms with Crippen molar-refractivity contribution >= 4 is 16.6 Å². The molecule has 0 atom stereocenters. The maximum Gasteiger partial charge on any atom is 0.269 e. The van der Waals surface area contributed by atoms with Gasteiger partial charge in [0.25, 0.3) is 5.56 Å². The van der Waals surface area contributed by atoms with Gasteiger partial charge in [-0.2, -0.15) is 0 Å². The molecule has 7 nitrogen and oxygen atoms in total. The summed E-state index contributed by atoms with van der Waals surface area (Å²) in [5.74, 6) is 0. The summed E-state index contributed by atoms with van der Waals surface area (Å²) in [5, 5.41) is 1.07. The molecular weight excluding hydrogens is 316 g/mol. The Hall–Kier alpha value is -2.80. The second-order valence-electron chi connectivity index (χ2n) is 6.20. The lowest BCUT2D eigenvalue weighted by molar-refractivity contribution is 0.247. The van der Waals surface area contributed by atoms with Crippen LogP contribution in [0.3, 0.4) is 0 Å². The van der Waals surface area contributed by atoms with E-state index in [9.17, 15) is 4.79 Å². The van der Waals surface area contributed by atoms with Gasteiger partial charge in [0, 0.05) is 68.9 Å². The molecule has 1 aliphatic rings. The van der Waals surface area contributed by atoms with Crippen LogP contribution in [0.1, 0.15) is 0 Å². The van der Waals surface area contributed by atoms with Crippen LogP contribution in [0.2, 0.25) is 0 Å². The van der Waals surface area contributed by atoms with Crippen LogP contribution in [-0.4, -0.2) is 57.1 Å². The fourth-order valence-corrected chi connectivity index (χ4v) is 3.21. The summed E-state index contributed by atoms with van der Waals surface area (Å²) < 4.78 is 1.71. The normalized spacial score (nSPS) is 15.6. The Bertz CT molecular complexity index is 916. The molecule has 0 N–H and O–H groups in total. The van der Waals surface area contributed by atoms with Crippen molar-refractivity contribution in [2.24, 2.45) is 0 Å². The Kier molecular flexibility index (Phi) is 4.39. The van der Waals surface area contributed by atoms with Crippen LogP contribution in [0, 0.1) is 0 Å². The van der Waals surface area contributed by atoms with Crippen molar-refractivity contribution in [2.75, 3.05) is 37.6 Å². The topological polar surface area (TPSA) is 67.2 Å². The molecule has 2 aromatic heterocycles. The van der Waals surface area contributed by atoms with Crippen molar-refractivity contribution in [3.63, 3.8) is 0 Å². The highest BCUT2D eigenvalue weighted by atomic mass is 16.1. The van der Waals surface area contributed by atoms with E-state index in [-0.39, 0.29) is 5.56 Å². The molecule has 3 heterocycles. The van der Waals surface area contributed by atoms with Gasteiger partial charge in [0.1, 0.15) is 6.33 Å². The Balaban J connectivity index is 1.36. The maximum absolute atomic E-state index is 11.7. The van der Waals surface area contributed by atoms with Crippen molar-refractivity contribution in [1.29, 1.82) is 0 Å². The Morgan fingerprint density at radius 3 is 2.72 bits per heavy atom. The monoisotopic (exact) mass is 336 g/mol. The van der Waals surface area contributed by atoms with Crippen molar-refractivity contribution in [3.8, 4) is 0 Å². The van der Waals surface area contributed by atoms with Crippen molar-refractivity contribution in [1.82, 2.24) is 24.4 Å². The number of aromatic nitrogens is 4. The number of fused-ring (bicyclic) bond motifs is 1. The van der Waals surface area contributed by atoms with Crippen LogP contribution in [-0.2, 0) is 6.54 Å². The molecule has 0 unspecified atom stereocenters. The quantitative estimate of drug-likeness (QED) is 0.708. The molecule has 1 saturated heterocycles. The summed E-state index contributed by atoms with van der Waals surface area (Å²) in [7, 11) is 0. The van der Waals surface area contributed by atoms with E-state index in [4.69, 9.17) is 0 Å². The van der Waals surface area contributed by atoms with Gasteiger partial charge in [-0.3, -0.25) is 14.7 Å². The summed E-state index contributed by atoms with van der Waals surface area (Å²) in [4.78, 5) is 28.7. The molecule has 4 rings (SSSR count). The average Bonchev–Trinajstić information content (AvgIpc) is 2.67. The minimum Gasteiger partial charge on any atom is -0.369 e. The zero-order valence-electron chi connectivity index (χ0n) is 14.0. The third kappa shape index (κ3) is 3.51. The number of anilines is 1. The second-order valence-corrected chi connectivity index (χ2v) is 6.20. The van der Waals surface area contributed by atoms with Crippen LogP contribution in [0.15, 0.2) is 54.1 Å². The second kappa shape index (κ2) is 6.98. The third-order valence-electron chi connectivity index (χ3n) is 4.68. The van der Waals surface area contributed by atoms with Crippen LogP contribution in [0.4, 0.5) is 5.69 Å². The molecule has 1 aromatic carbocycles. The molecule has 25 heavy (non-hydrogen) atoms. The first-order valence-corrected chi connectivity index (χ1v) is 8.47. The molecule has 0 bridgehead atoms. The zero-order valence-corrected chi connectivity index (χ0v) is 14.0. The molecule has 7 heteroatoms. The van der Waals surface area contributed by atoms with E-state index >= 15 is 0 Å². The highest BCUT2D eigenvalue weighted by Crippen LogP contribution is 2.21. The fourth-order valence-electron chi connectivity index (χ4n) is 3.21. The van der Waals surface area contributed by atoms with E-state index in [2.05, 4.69) is 43.0 Å². The molecule has 0 aliphatic carbocycles. The Labute approximate surface area is 145 Å². The molecule has 0 saturated carbocycles.